The monoisotopic (exact) mass is 615 g/mol. The first-order valence-electron chi connectivity index (χ1n) is 17.1. The summed E-state index contributed by atoms with van der Waals surface area (Å²) in [5.74, 6) is 0.823. The number of aryl methyl sites for hydroxylation is 1. The molecule has 4 nitrogen and oxygen atoms in total. The van der Waals surface area contributed by atoms with Gasteiger partial charge in [-0.25, -0.2) is 8.42 Å². The molecule has 0 aliphatic rings. The quantitative estimate of drug-likeness (QED) is 0.0450. The van der Waals surface area contributed by atoms with Gasteiger partial charge in [0.2, 0.25) is 0 Å². The number of hydrogen-bond acceptors (Lipinski definition) is 3. The van der Waals surface area contributed by atoms with Gasteiger partial charge in [0.25, 0.3) is 0 Å². The van der Waals surface area contributed by atoms with Crippen LogP contribution in [-0.4, -0.2) is 50.0 Å². The lowest BCUT2D eigenvalue weighted by Crippen LogP contribution is -2.46. The number of quaternary nitrogens is 1. The first-order valence-corrected chi connectivity index (χ1v) is 19.0. The summed E-state index contributed by atoms with van der Waals surface area (Å²) in [6, 6.07) is 5.78. The number of hydrogen-bond donors (Lipinski definition) is 0. The molecule has 0 amide bonds. The molecule has 0 aliphatic heterocycles. The lowest BCUT2D eigenvalue weighted by molar-refractivity contribution is -0.910. The van der Waals surface area contributed by atoms with Gasteiger partial charge in [-0.1, -0.05) is 134 Å². The van der Waals surface area contributed by atoms with Gasteiger partial charge in [0.1, 0.15) is 10.1 Å². The zero-order valence-corrected chi connectivity index (χ0v) is 29.0. The van der Waals surface area contributed by atoms with E-state index in [-0.39, 0.29) is 4.90 Å². The highest BCUT2D eigenvalue weighted by atomic mass is 35.5. The fraction of sp³-hybridized carbons (Fsp3) is 0.829. The molecule has 1 aromatic carbocycles. The lowest BCUT2D eigenvalue weighted by atomic mass is 10.1. The molecule has 0 atom stereocenters. The molecule has 0 radical (unpaired) electrons. The minimum atomic E-state index is -4.27. The summed E-state index contributed by atoms with van der Waals surface area (Å²) in [5, 5.41) is 0. The Morgan fingerprint density at radius 2 is 0.902 bits per heavy atom. The summed E-state index contributed by atoms with van der Waals surface area (Å²) in [5.41, 5.74) is 0.928. The van der Waals surface area contributed by atoms with Gasteiger partial charge >= 0.3 is 0 Å². The molecule has 0 fully saturated rings. The number of nitrogens with zero attached hydrogens (tertiary/aromatic N) is 1. The third-order valence-corrected chi connectivity index (χ3v) is 9.36. The normalized spacial score (nSPS) is 11.9. The molecule has 0 unspecified atom stereocenters. The second kappa shape index (κ2) is 27.0. The van der Waals surface area contributed by atoms with Crippen LogP contribution in [0.4, 0.5) is 0 Å². The minimum absolute atomic E-state index is 0.178. The molecule has 0 aromatic heterocycles. The maximum absolute atomic E-state index is 10.4. The summed E-state index contributed by atoms with van der Waals surface area (Å²) in [6.45, 7) is 10.4. The van der Waals surface area contributed by atoms with Crippen molar-refractivity contribution in [3.63, 3.8) is 0 Å². The fourth-order valence-electron chi connectivity index (χ4n) is 5.44. The van der Waals surface area contributed by atoms with Crippen molar-refractivity contribution in [3.05, 3.63) is 29.8 Å². The molecule has 0 N–H and O–H groups in total. The van der Waals surface area contributed by atoms with E-state index in [1.54, 1.807) is 12.1 Å². The summed E-state index contributed by atoms with van der Waals surface area (Å²) in [4.78, 5) is -0.178. The second-order valence-corrected chi connectivity index (χ2v) is 14.2. The van der Waals surface area contributed by atoms with E-state index < -0.39 is 10.1 Å². The average molecular weight is 616 g/mol. The molecule has 242 valence electrons. The standard InChI is InChI=1S/C28H59ClN.C7H8O3S/c1-4-6-8-10-12-14-16-18-20-22-26-30(3,28-24-25-29)27-23-21-19-17-15-13-11-9-7-5-2;1-6-2-4-7(5-3-6)11(8,9)10/h4-28H2,1-3H3;2-5H,1H3,(H,8,9,10)/q+1;/p-1. The van der Waals surface area contributed by atoms with Crippen molar-refractivity contribution in [2.45, 2.75) is 161 Å². The zero-order chi connectivity index (χ0) is 30.7. The molecule has 0 aliphatic carbocycles. The molecule has 1 rings (SSSR count). The van der Waals surface area contributed by atoms with E-state index in [1.165, 1.54) is 171 Å². The van der Waals surface area contributed by atoms with Crippen molar-refractivity contribution in [2.24, 2.45) is 0 Å². The van der Waals surface area contributed by atoms with E-state index in [0.29, 0.717) is 0 Å². The zero-order valence-electron chi connectivity index (χ0n) is 27.4. The smallest absolute Gasteiger partial charge is 0.124 e. The van der Waals surface area contributed by atoms with Crippen molar-refractivity contribution in [1.82, 2.24) is 0 Å². The Kier molecular flexibility index (Phi) is 26.6. The van der Waals surface area contributed by atoms with Crippen LogP contribution >= 0.6 is 11.6 Å². The number of unbranched alkanes of at least 4 members (excludes halogenated alkanes) is 18. The van der Waals surface area contributed by atoms with Crippen molar-refractivity contribution >= 4 is 21.7 Å². The topological polar surface area (TPSA) is 57.2 Å². The summed E-state index contributed by atoms with van der Waals surface area (Å²) < 4.78 is 32.4. The molecule has 0 spiro atoms. The van der Waals surface area contributed by atoms with Crippen LogP contribution in [0.2, 0.25) is 0 Å². The molecule has 6 heteroatoms. The van der Waals surface area contributed by atoms with Crippen LogP contribution in [-0.2, 0) is 10.1 Å². The third-order valence-electron chi connectivity index (χ3n) is 8.24. The number of rotatable bonds is 26. The number of halogens is 1. The molecular formula is C35H66ClNO3S. The van der Waals surface area contributed by atoms with Gasteiger partial charge < -0.3 is 9.04 Å². The van der Waals surface area contributed by atoms with Crippen LogP contribution in [0.3, 0.4) is 0 Å². The number of benzene rings is 1. The highest BCUT2D eigenvalue weighted by Gasteiger charge is 2.19. The van der Waals surface area contributed by atoms with Crippen molar-refractivity contribution < 1.29 is 17.5 Å². The third kappa shape index (κ3) is 25.6. The molecule has 0 saturated heterocycles. The predicted molar refractivity (Wildman–Crippen MR) is 179 cm³/mol. The summed E-state index contributed by atoms with van der Waals surface area (Å²) in [6.07, 6.45) is 29.9. The summed E-state index contributed by atoms with van der Waals surface area (Å²) >= 11 is 6.03. The van der Waals surface area contributed by atoms with Crippen LogP contribution in [0.15, 0.2) is 29.2 Å². The highest BCUT2D eigenvalue weighted by Crippen LogP contribution is 2.16. The van der Waals surface area contributed by atoms with Gasteiger partial charge in [0, 0.05) is 12.3 Å². The van der Waals surface area contributed by atoms with Gasteiger partial charge in [-0.2, -0.15) is 0 Å². The van der Waals surface area contributed by atoms with Gasteiger partial charge in [-0.3, -0.25) is 0 Å². The molecule has 1 aromatic rings. The second-order valence-electron chi connectivity index (χ2n) is 12.5. The molecule has 0 bridgehead atoms. The van der Waals surface area contributed by atoms with E-state index in [4.69, 9.17) is 11.6 Å². The van der Waals surface area contributed by atoms with Gasteiger partial charge in [-0.15, -0.1) is 11.6 Å². The van der Waals surface area contributed by atoms with E-state index in [2.05, 4.69) is 20.9 Å². The molecule has 0 saturated carbocycles. The van der Waals surface area contributed by atoms with Crippen molar-refractivity contribution in [2.75, 3.05) is 32.6 Å². The van der Waals surface area contributed by atoms with Gasteiger partial charge in [0.15, 0.2) is 0 Å². The first kappa shape index (κ1) is 40.4. The van der Waals surface area contributed by atoms with E-state index in [9.17, 15) is 13.0 Å². The Labute approximate surface area is 261 Å². The molecule has 0 heterocycles. The van der Waals surface area contributed by atoms with Gasteiger partial charge in [-0.05, 0) is 44.7 Å². The van der Waals surface area contributed by atoms with E-state index >= 15 is 0 Å². The van der Waals surface area contributed by atoms with Crippen molar-refractivity contribution in [1.29, 1.82) is 0 Å². The largest absolute Gasteiger partial charge is 0.744 e. The molecular weight excluding hydrogens is 550 g/mol. The highest BCUT2D eigenvalue weighted by molar-refractivity contribution is 7.85. The average Bonchev–Trinajstić information content (AvgIpc) is 2.94. The number of alkyl halides is 1. The predicted octanol–water partition coefficient (Wildman–Crippen LogP) is 10.8. The van der Waals surface area contributed by atoms with Gasteiger partial charge in [0.05, 0.1) is 31.6 Å². The van der Waals surface area contributed by atoms with Crippen LogP contribution in [0.25, 0.3) is 0 Å². The van der Waals surface area contributed by atoms with Crippen LogP contribution in [0.5, 0.6) is 0 Å². The van der Waals surface area contributed by atoms with Crippen LogP contribution in [0, 0.1) is 6.92 Å². The minimum Gasteiger partial charge on any atom is -0.744 e. The Morgan fingerprint density at radius 3 is 1.22 bits per heavy atom. The SMILES string of the molecule is CCCCCCCCCCCC[N+](C)(CCCCl)CCCCCCCCCCCC.Cc1ccc(S(=O)(=O)[O-])cc1. The van der Waals surface area contributed by atoms with E-state index in [1.807, 2.05) is 6.92 Å². The van der Waals surface area contributed by atoms with Crippen LogP contribution in [0.1, 0.15) is 154 Å². The first-order chi connectivity index (χ1) is 19.7. The summed E-state index contributed by atoms with van der Waals surface area (Å²) in [7, 11) is -1.78. The molecule has 41 heavy (non-hydrogen) atoms. The van der Waals surface area contributed by atoms with E-state index in [0.717, 1.165) is 11.4 Å². The fourth-order valence-corrected chi connectivity index (χ4v) is 6.03. The Morgan fingerprint density at radius 1 is 0.585 bits per heavy atom. The van der Waals surface area contributed by atoms with Crippen LogP contribution < -0.4 is 0 Å². The Bertz CT molecular complexity index is 774. The van der Waals surface area contributed by atoms with Crippen molar-refractivity contribution in [3.8, 4) is 0 Å². The lowest BCUT2D eigenvalue weighted by Gasteiger charge is -2.35. The maximum atomic E-state index is 10.4. The Hall–Kier alpha value is -0.620. The maximum Gasteiger partial charge on any atom is 0.124 e. The Balaban J connectivity index is 0.00000120.